The summed E-state index contributed by atoms with van der Waals surface area (Å²) in [6.45, 7) is 8.62. The Bertz CT molecular complexity index is 2150. The molecule has 0 unspecified atom stereocenters. The number of nitrogens with two attached hydrogens (primary N) is 1. The number of benzodiazepines with no additional fused rings is 1. The standard InChI is InChI=1S/C42H50F4N5O9P/c1-40(2,3)59-61(56,60-41(4,5)6)58-23-27-14-10-17-32(48-27)39(55)57-24-51-34-29(15-11-16-31(34)43)33(26-12-8-7-9-13-26)49-36(38(51)54)50-37(53)28(20-21-42(44,45)46)30(35(47)52)22-25-18-19-25/h7-17,25,28,30,36H,18-24H2,1-6H3,(H2,47,52)(H,50,53)/t28-,30+,36-/m1/s1. The summed E-state index contributed by atoms with van der Waals surface area (Å²) in [6.07, 6.45) is -7.28. The molecule has 61 heavy (non-hydrogen) atoms. The molecule has 0 bridgehead atoms. The van der Waals surface area contributed by atoms with E-state index in [2.05, 4.69) is 15.3 Å². The molecule has 14 nitrogen and oxygen atoms in total. The molecule has 1 aromatic heterocycles. The number of fused-ring (bicyclic) bond motifs is 1. The SMILES string of the molecule is CC(C)(C)OP(=O)(OCc1cccc(C(=O)OCN2C(=O)[C@@H](NC(=O)[C@H](CCC(F)(F)F)[C@H](CC3CC3)C(N)=O)N=C(c3ccccc3)c3cccc(F)c32)n1)OC(C)(C)C. The minimum Gasteiger partial charge on any atom is -0.439 e. The van der Waals surface area contributed by atoms with Crippen molar-refractivity contribution in [2.75, 3.05) is 11.6 Å². The van der Waals surface area contributed by atoms with E-state index in [9.17, 15) is 36.9 Å². The molecule has 5 rings (SSSR count). The first-order valence-electron chi connectivity index (χ1n) is 19.6. The number of amides is 3. The number of halogens is 4. The van der Waals surface area contributed by atoms with Gasteiger partial charge in [-0.25, -0.2) is 23.7 Å². The third-order valence-electron chi connectivity index (χ3n) is 9.29. The smallest absolute Gasteiger partial charge is 0.439 e. The van der Waals surface area contributed by atoms with Crippen LogP contribution in [-0.2, 0) is 43.9 Å². The predicted molar refractivity (Wildman–Crippen MR) is 215 cm³/mol. The van der Waals surface area contributed by atoms with E-state index in [0.717, 1.165) is 23.8 Å². The van der Waals surface area contributed by atoms with Crippen LogP contribution in [0.3, 0.4) is 0 Å². The number of phosphoric acid groups is 1. The zero-order valence-corrected chi connectivity index (χ0v) is 35.6. The van der Waals surface area contributed by atoms with Gasteiger partial charge in [-0.1, -0.05) is 61.4 Å². The Morgan fingerprint density at radius 2 is 1.56 bits per heavy atom. The molecular formula is C42H50F4N5O9P. The molecule has 330 valence electrons. The molecule has 2 heterocycles. The van der Waals surface area contributed by atoms with E-state index in [-0.39, 0.29) is 40.7 Å². The molecule has 3 amide bonds. The van der Waals surface area contributed by atoms with E-state index in [0.29, 0.717) is 5.56 Å². The third-order valence-corrected chi connectivity index (χ3v) is 11.3. The van der Waals surface area contributed by atoms with E-state index in [1.54, 1.807) is 71.9 Å². The molecule has 1 fully saturated rings. The molecule has 0 radical (unpaired) electrons. The van der Waals surface area contributed by atoms with Crippen molar-refractivity contribution in [1.82, 2.24) is 10.3 Å². The number of hydrogen-bond acceptors (Lipinski definition) is 11. The van der Waals surface area contributed by atoms with Crippen molar-refractivity contribution in [1.29, 1.82) is 0 Å². The Hall–Kier alpha value is -5.03. The van der Waals surface area contributed by atoms with Gasteiger partial charge in [-0.3, -0.25) is 32.9 Å². The molecule has 2 aliphatic rings. The maximum absolute atomic E-state index is 16.0. The molecule has 19 heteroatoms. The van der Waals surface area contributed by atoms with Gasteiger partial charge in [0.15, 0.2) is 6.73 Å². The van der Waals surface area contributed by atoms with Crippen LogP contribution in [0.25, 0.3) is 0 Å². The number of alkyl halides is 3. The highest BCUT2D eigenvalue weighted by Crippen LogP contribution is 2.56. The lowest BCUT2D eigenvalue weighted by Gasteiger charge is -2.30. The van der Waals surface area contributed by atoms with Gasteiger partial charge in [0.2, 0.25) is 18.0 Å². The van der Waals surface area contributed by atoms with Crippen molar-refractivity contribution < 1.29 is 59.6 Å². The maximum atomic E-state index is 16.0. The van der Waals surface area contributed by atoms with Gasteiger partial charge >= 0.3 is 20.0 Å². The zero-order chi connectivity index (χ0) is 44.9. The Morgan fingerprint density at radius 3 is 2.15 bits per heavy atom. The van der Waals surface area contributed by atoms with Gasteiger partial charge in [0.05, 0.1) is 28.3 Å². The summed E-state index contributed by atoms with van der Waals surface area (Å²) in [4.78, 5) is 64.2. The number of aromatic nitrogens is 1. The van der Waals surface area contributed by atoms with Crippen LogP contribution in [0, 0.1) is 23.6 Å². The van der Waals surface area contributed by atoms with Gasteiger partial charge in [0.25, 0.3) is 5.91 Å². The first-order valence-corrected chi connectivity index (χ1v) is 21.1. The van der Waals surface area contributed by atoms with Crippen molar-refractivity contribution in [3.8, 4) is 0 Å². The van der Waals surface area contributed by atoms with E-state index < -0.39 is 98.9 Å². The van der Waals surface area contributed by atoms with Crippen molar-refractivity contribution in [3.63, 3.8) is 0 Å². The number of ether oxygens (including phenoxy) is 1. The normalized spacial score (nSPS) is 17.1. The average Bonchev–Trinajstić information content (AvgIpc) is 3.99. The summed E-state index contributed by atoms with van der Waals surface area (Å²) >= 11 is 0. The van der Waals surface area contributed by atoms with Crippen LogP contribution in [0.4, 0.5) is 23.2 Å². The van der Waals surface area contributed by atoms with E-state index in [4.69, 9.17) is 24.0 Å². The highest BCUT2D eigenvalue weighted by atomic mass is 31.2. The number of benzene rings is 2. The third kappa shape index (κ3) is 13.5. The topological polar surface area (TPSA) is 189 Å². The molecular weight excluding hydrogens is 825 g/mol. The predicted octanol–water partition coefficient (Wildman–Crippen LogP) is 7.78. The number of phosphoric ester groups is 1. The van der Waals surface area contributed by atoms with Gasteiger partial charge < -0.3 is 15.8 Å². The maximum Gasteiger partial charge on any atom is 0.476 e. The number of para-hydroxylation sites is 1. The number of anilines is 1. The van der Waals surface area contributed by atoms with Crippen molar-refractivity contribution in [2.24, 2.45) is 28.5 Å². The number of pyridine rings is 1. The van der Waals surface area contributed by atoms with Crippen molar-refractivity contribution in [3.05, 3.63) is 95.1 Å². The number of carbonyl (C=O) groups excluding carboxylic acids is 4. The van der Waals surface area contributed by atoms with E-state index >= 15 is 4.39 Å². The van der Waals surface area contributed by atoms with Crippen molar-refractivity contribution >= 4 is 42.9 Å². The first kappa shape index (κ1) is 47.0. The van der Waals surface area contributed by atoms with Gasteiger partial charge in [-0.2, -0.15) is 13.2 Å². The molecule has 3 aromatic rings. The van der Waals surface area contributed by atoms with Crippen LogP contribution in [0.2, 0.25) is 0 Å². The highest BCUT2D eigenvalue weighted by Gasteiger charge is 2.43. The lowest BCUT2D eigenvalue weighted by atomic mass is 9.83. The lowest BCUT2D eigenvalue weighted by Crippen LogP contribution is -2.51. The summed E-state index contributed by atoms with van der Waals surface area (Å²) in [5.41, 5.74) is 3.72. The molecule has 1 saturated carbocycles. The van der Waals surface area contributed by atoms with Gasteiger partial charge in [-0.15, -0.1) is 0 Å². The fourth-order valence-electron chi connectivity index (χ4n) is 6.57. The molecule has 0 saturated heterocycles. The summed E-state index contributed by atoms with van der Waals surface area (Å²) in [5.74, 6) is -8.07. The molecule has 1 aliphatic heterocycles. The molecule has 3 N–H and O–H groups in total. The highest BCUT2D eigenvalue weighted by molar-refractivity contribution is 7.48. The molecule has 3 atom stereocenters. The fraction of sp³-hybridized carbons (Fsp3) is 0.476. The largest absolute Gasteiger partial charge is 0.476 e. The van der Waals surface area contributed by atoms with Crippen LogP contribution in [0.5, 0.6) is 0 Å². The number of nitrogens with zero attached hydrogens (tertiary/aromatic N) is 3. The summed E-state index contributed by atoms with van der Waals surface area (Å²) in [7, 11) is -4.17. The molecule has 0 spiro atoms. The lowest BCUT2D eigenvalue weighted by molar-refractivity contribution is -0.146. The minimum absolute atomic E-state index is 0.00189. The Balaban J connectivity index is 1.45. The number of carbonyl (C=O) groups is 4. The van der Waals surface area contributed by atoms with Crippen LogP contribution in [-0.4, -0.2) is 64.7 Å². The van der Waals surface area contributed by atoms with Gasteiger partial charge in [0.1, 0.15) is 18.1 Å². The number of aliphatic imine (C=N–C) groups is 1. The summed E-state index contributed by atoms with van der Waals surface area (Å²) < 4.78 is 92.5. The van der Waals surface area contributed by atoms with Crippen LogP contribution in [0.1, 0.15) is 101 Å². The Labute approximate surface area is 351 Å². The van der Waals surface area contributed by atoms with Gasteiger partial charge in [-0.05, 0) is 78.5 Å². The fourth-order valence-corrected chi connectivity index (χ4v) is 8.34. The minimum atomic E-state index is -4.68. The van der Waals surface area contributed by atoms with Crippen LogP contribution < -0.4 is 16.0 Å². The average molecular weight is 876 g/mol. The number of esters is 1. The van der Waals surface area contributed by atoms with Gasteiger partial charge in [0, 0.05) is 29.4 Å². The Morgan fingerprint density at radius 1 is 0.918 bits per heavy atom. The Kier molecular flexibility index (Phi) is 14.6. The second-order valence-corrected chi connectivity index (χ2v) is 18.3. The van der Waals surface area contributed by atoms with Crippen LogP contribution in [0.15, 0.2) is 71.7 Å². The summed E-state index contributed by atoms with van der Waals surface area (Å²) in [5, 5.41) is 2.41. The second kappa shape index (κ2) is 18.9. The molecule has 1 aliphatic carbocycles. The number of primary amides is 1. The monoisotopic (exact) mass is 875 g/mol. The number of hydrogen-bond donors (Lipinski definition) is 2. The van der Waals surface area contributed by atoms with Crippen LogP contribution >= 0.6 is 7.82 Å². The van der Waals surface area contributed by atoms with E-state index in [1.807, 2.05) is 0 Å². The van der Waals surface area contributed by atoms with E-state index in [1.165, 1.54) is 30.3 Å². The second-order valence-electron chi connectivity index (χ2n) is 16.8. The quantitative estimate of drug-likeness (QED) is 0.0770. The summed E-state index contributed by atoms with van der Waals surface area (Å²) in [6, 6.07) is 16.3. The first-order chi connectivity index (χ1) is 28.4. The zero-order valence-electron chi connectivity index (χ0n) is 34.7. The van der Waals surface area contributed by atoms with Crippen molar-refractivity contribution in [2.45, 2.75) is 104 Å². The number of nitrogens with one attached hydrogen (secondary N) is 1. The number of rotatable bonds is 17. The molecule has 2 aromatic carbocycles.